The van der Waals surface area contributed by atoms with E-state index in [0.29, 0.717) is 0 Å². The van der Waals surface area contributed by atoms with E-state index in [1.54, 1.807) is 0 Å². The molecule has 0 aliphatic carbocycles. The molecule has 0 radical (unpaired) electrons. The molecule has 4 aromatic rings. The first-order valence-corrected chi connectivity index (χ1v) is 15.5. The number of aromatic nitrogens is 2. The van der Waals surface area contributed by atoms with Crippen molar-refractivity contribution >= 4 is 34.2 Å². The second-order valence-electron chi connectivity index (χ2n) is 13.8. The predicted molar refractivity (Wildman–Crippen MR) is 172 cm³/mol. The van der Waals surface area contributed by atoms with Crippen LogP contribution in [-0.2, 0) is 5.91 Å². The van der Waals surface area contributed by atoms with Gasteiger partial charge in [-0.1, -0.05) is 57.2 Å². The van der Waals surface area contributed by atoms with Crippen molar-refractivity contribution in [1.29, 1.82) is 0 Å². The Labute approximate surface area is 251 Å². The van der Waals surface area contributed by atoms with Crippen LogP contribution in [0.2, 0.25) is 0 Å². The zero-order valence-corrected chi connectivity index (χ0v) is 25.6. The normalized spacial score (nSPS) is 23.0. The van der Waals surface area contributed by atoms with Crippen molar-refractivity contribution in [3.8, 4) is 0 Å². The highest BCUT2D eigenvalue weighted by Crippen LogP contribution is 2.55. The van der Waals surface area contributed by atoms with Crippen molar-refractivity contribution in [2.24, 2.45) is 5.41 Å². The van der Waals surface area contributed by atoms with Crippen LogP contribution in [0.1, 0.15) is 66.4 Å². The van der Waals surface area contributed by atoms with Crippen LogP contribution in [0.4, 0.5) is 0 Å². The maximum atomic E-state index is 2.73. The summed E-state index contributed by atoms with van der Waals surface area (Å²) in [5, 5.41) is 2.58. The molecule has 2 aromatic heterocycles. The molecule has 208 valence electrons. The molecule has 4 nitrogen and oxygen atoms in total. The summed E-state index contributed by atoms with van der Waals surface area (Å²) in [6, 6.07) is 25.2. The molecule has 8 heterocycles. The van der Waals surface area contributed by atoms with Crippen LogP contribution >= 0.6 is 0 Å². The molecular weight excluding hydrogens is 524 g/mol. The summed E-state index contributed by atoms with van der Waals surface area (Å²) in [5.41, 5.74) is 18.6. The maximum Gasteiger partial charge on any atom is 0.553 e. The summed E-state index contributed by atoms with van der Waals surface area (Å²) < 4.78 is 10.7. The van der Waals surface area contributed by atoms with E-state index in [9.17, 15) is 0 Å². The average molecular weight is 559 g/mol. The second kappa shape index (κ2) is 7.26. The first-order chi connectivity index (χ1) is 20.7. The van der Waals surface area contributed by atoms with E-state index >= 15 is 0 Å². The molecule has 6 aliphatic rings. The van der Waals surface area contributed by atoms with E-state index in [-0.39, 0.29) is 5.41 Å². The van der Waals surface area contributed by atoms with Crippen molar-refractivity contribution in [3.05, 3.63) is 140 Å². The molecule has 0 saturated carbocycles. The Hall–Kier alpha value is -4.70. The van der Waals surface area contributed by atoms with Gasteiger partial charge in [-0.15, -0.1) is 0 Å². The highest BCUT2D eigenvalue weighted by Gasteiger charge is 2.74. The molecule has 0 unspecified atom stereocenters. The third kappa shape index (κ3) is 2.47. The van der Waals surface area contributed by atoms with Crippen LogP contribution in [-0.4, -0.2) is 29.7 Å². The van der Waals surface area contributed by atoms with E-state index in [1.807, 2.05) is 0 Å². The molecule has 43 heavy (non-hydrogen) atoms. The number of allylic oxidation sites excluding steroid dienone is 3. The maximum absolute atomic E-state index is 2.73. The molecule has 2 aromatic carbocycles. The minimum atomic E-state index is -0.600. The van der Waals surface area contributed by atoms with E-state index in [4.69, 9.17) is 0 Å². The number of nitrogens with zero attached hydrogens (tertiary/aromatic N) is 4. The highest BCUT2D eigenvalue weighted by molar-refractivity contribution is 6.23. The van der Waals surface area contributed by atoms with Crippen molar-refractivity contribution in [3.63, 3.8) is 0 Å². The molecule has 1 atom stereocenters. The zero-order valence-electron chi connectivity index (χ0n) is 25.6. The van der Waals surface area contributed by atoms with Gasteiger partial charge in [-0.2, -0.15) is 9.13 Å². The Morgan fingerprint density at radius 2 is 1.47 bits per heavy atom. The second-order valence-corrected chi connectivity index (χ2v) is 13.8. The molecule has 0 fully saturated rings. The Morgan fingerprint density at radius 1 is 0.744 bits per heavy atom. The van der Waals surface area contributed by atoms with Crippen molar-refractivity contribution in [2.45, 2.75) is 53.9 Å². The molecule has 0 N–H and O–H groups in total. The fraction of sp³-hybridized carbons (Fsp3) is 0.231. The van der Waals surface area contributed by atoms with Gasteiger partial charge >= 0.3 is 5.91 Å². The van der Waals surface area contributed by atoms with Gasteiger partial charge < -0.3 is 0 Å². The fourth-order valence-corrected chi connectivity index (χ4v) is 9.33. The average Bonchev–Trinajstić information content (AvgIpc) is 3.75. The fourth-order valence-electron chi connectivity index (χ4n) is 9.33. The number of hydrogen-bond acceptors (Lipinski definition) is 0. The lowest BCUT2D eigenvalue weighted by Gasteiger charge is -2.40. The SMILES string of the molecule is CC1=c2ccc3n2[C@]24n5c(ccc5C(c5c(C)cc(C)cc5C)=C5C=CC1=[N+]52)C(c1ccccc1)=C1CC(C)(C)C(=[N+]14)C=3. The van der Waals surface area contributed by atoms with E-state index < -0.39 is 5.91 Å². The molecule has 0 amide bonds. The van der Waals surface area contributed by atoms with Crippen LogP contribution < -0.4 is 10.7 Å². The van der Waals surface area contributed by atoms with Crippen LogP contribution in [0, 0.1) is 26.2 Å². The van der Waals surface area contributed by atoms with E-state index in [2.05, 4.69) is 145 Å². The van der Waals surface area contributed by atoms with Crippen LogP contribution in [0.5, 0.6) is 0 Å². The molecule has 0 bridgehead atoms. The molecule has 10 rings (SSSR count). The predicted octanol–water partition coefficient (Wildman–Crippen LogP) is 5.76. The summed E-state index contributed by atoms with van der Waals surface area (Å²) in [4.78, 5) is 0. The van der Waals surface area contributed by atoms with E-state index in [0.717, 1.165) is 6.42 Å². The largest absolute Gasteiger partial charge is 0.553 e. The third-order valence-corrected chi connectivity index (χ3v) is 10.8. The number of rotatable bonds is 2. The first-order valence-electron chi connectivity index (χ1n) is 15.5. The monoisotopic (exact) mass is 558 g/mol. The van der Waals surface area contributed by atoms with Crippen LogP contribution in [0.25, 0.3) is 22.8 Å². The van der Waals surface area contributed by atoms with Gasteiger partial charge in [0.2, 0.25) is 22.8 Å². The summed E-state index contributed by atoms with van der Waals surface area (Å²) in [5.74, 6) is -0.600. The quantitative estimate of drug-likeness (QED) is 0.278. The van der Waals surface area contributed by atoms with Crippen molar-refractivity contribution < 1.29 is 9.15 Å². The minimum Gasteiger partial charge on any atom is -0.199 e. The number of aryl methyl sites for hydroxylation is 3. The summed E-state index contributed by atoms with van der Waals surface area (Å²) >= 11 is 0. The van der Waals surface area contributed by atoms with Gasteiger partial charge in [0.1, 0.15) is 0 Å². The zero-order chi connectivity index (χ0) is 29.2. The van der Waals surface area contributed by atoms with Gasteiger partial charge in [-0.05, 0) is 88.1 Å². The van der Waals surface area contributed by atoms with Gasteiger partial charge in [0.05, 0.1) is 38.6 Å². The summed E-state index contributed by atoms with van der Waals surface area (Å²) in [7, 11) is 0. The highest BCUT2D eigenvalue weighted by atomic mass is 15.6. The summed E-state index contributed by atoms with van der Waals surface area (Å²) in [6.07, 6.45) is 8.22. The van der Waals surface area contributed by atoms with Gasteiger partial charge in [0.15, 0.2) is 0 Å². The summed E-state index contributed by atoms with van der Waals surface area (Å²) in [6.45, 7) is 13.9. The topological polar surface area (TPSA) is 15.9 Å². The third-order valence-electron chi connectivity index (χ3n) is 10.8. The van der Waals surface area contributed by atoms with Crippen LogP contribution in [0.3, 0.4) is 0 Å². The van der Waals surface area contributed by atoms with Crippen molar-refractivity contribution in [2.75, 3.05) is 0 Å². The Balaban J connectivity index is 1.47. The Bertz CT molecular complexity index is 2330. The van der Waals surface area contributed by atoms with Crippen molar-refractivity contribution in [1.82, 2.24) is 9.13 Å². The lowest BCUT2D eigenvalue weighted by molar-refractivity contribution is -0.835. The Morgan fingerprint density at radius 3 is 2.21 bits per heavy atom. The molecule has 6 aliphatic heterocycles. The van der Waals surface area contributed by atoms with Gasteiger partial charge in [0, 0.05) is 30.2 Å². The Kier molecular flexibility index (Phi) is 4.02. The molecule has 4 heteroatoms. The molecule has 1 spiro atoms. The van der Waals surface area contributed by atoms with Crippen LogP contribution in [0.15, 0.2) is 90.3 Å². The lowest BCUT2D eigenvalue weighted by atomic mass is 9.84. The molecule has 0 saturated heterocycles. The minimum absolute atomic E-state index is 0.0121. The van der Waals surface area contributed by atoms with Gasteiger partial charge in [0.25, 0.3) is 0 Å². The smallest absolute Gasteiger partial charge is 0.199 e. The number of benzene rings is 2. The van der Waals surface area contributed by atoms with Gasteiger partial charge in [-0.3, -0.25) is 0 Å². The standard InChI is InChI=1S/C39H34N4/c1-22-18-23(2)35(24(3)19-22)37-31-15-14-29-25(4)28-13-12-27-20-34-38(5,6)21-33-36(26-10-8-7-9-11-26)30-16-17-32(37)42(30)39(40(27)28,41(29)31)43(33)34/h7-20H,21H2,1-6H3/q+2/t39-/m1/s1. The van der Waals surface area contributed by atoms with E-state index in [1.165, 1.54) is 89.4 Å². The lowest BCUT2D eigenvalue weighted by Crippen LogP contribution is -2.70. The number of hydrogen-bond donors (Lipinski definition) is 0. The first kappa shape index (κ1) is 23.8. The van der Waals surface area contributed by atoms with Gasteiger partial charge in [-0.25, -0.2) is 0 Å². The molecular formula is C39H34N4+2.